The fourth-order valence-electron chi connectivity index (χ4n) is 2.66. The van der Waals surface area contributed by atoms with Gasteiger partial charge in [0.2, 0.25) is 5.89 Å². The van der Waals surface area contributed by atoms with Gasteiger partial charge in [-0.2, -0.15) is 18.2 Å². The number of halogens is 3. The average Bonchev–Trinajstić information content (AvgIpc) is 3.19. The van der Waals surface area contributed by atoms with Gasteiger partial charge in [0, 0.05) is 18.4 Å². The Bertz CT molecular complexity index is 683. The molecule has 0 amide bonds. The molecular formula is C16H18F3N3O. The number of likely N-dealkylation sites (N-methyl/N-ethyl adjacent to an activating group) is 1. The predicted molar refractivity (Wildman–Crippen MR) is 78.1 cm³/mol. The van der Waals surface area contributed by atoms with Crippen molar-refractivity contribution < 1.29 is 17.7 Å². The molecule has 1 aliphatic rings. The molecular weight excluding hydrogens is 307 g/mol. The van der Waals surface area contributed by atoms with Crippen LogP contribution >= 0.6 is 0 Å². The maximum Gasteiger partial charge on any atom is 0.416 e. The highest BCUT2D eigenvalue weighted by Crippen LogP contribution is 2.54. The van der Waals surface area contributed by atoms with Gasteiger partial charge >= 0.3 is 6.18 Å². The van der Waals surface area contributed by atoms with Crippen molar-refractivity contribution in [2.45, 2.75) is 43.8 Å². The van der Waals surface area contributed by atoms with E-state index < -0.39 is 11.7 Å². The molecule has 7 heteroatoms. The molecule has 1 aliphatic carbocycles. The summed E-state index contributed by atoms with van der Waals surface area (Å²) in [7, 11) is 1.86. The third-order valence-corrected chi connectivity index (χ3v) is 4.22. The lowest BCUT2D eigenvalue weighted by molar-refractivity contribution is -0.137. The van der Waals surface area contributed by atoms with Crippen molar-refractivity contribution in [1.82, 2.24) is 15.5 Å². The van der Waals surface area contributed by atoms with Crippen molar-refractivity contribution in [2.24, 2.45) is 0 Å². The van der Waals surface area contributed by atoms with Crippen LogP contribution in [0.1, 0.15) is 48.0 Å². The van der Waals surface area contributed by atoms with E-state index in [2.05, 4.69) is 15.5 Å². The maximum atomic E-state index is 12.8. The SMILES string of the molecule is CNC(C)Cc1noc(C2CC2c2cccc(C(F)(F)F)c2)n1. The summed E-state index contributed by atoms with van der Waals surface area (Å²) in [5, 5.41) is 7.04. The minimum atomic E-state index is -4.32. The molecule has 1 aromatic carbocycles. The Morgan fingerprint density at radius 2 is 2.13 bits per heavy atom. The van der Waals surface area contributed by atoms with E-state index in [0.29, 0.717) is 23.7 Å². The number of nitrogens with zero attached hydrogens (tertiary/aromatic N) is 2. The summed E-state index contributed by atoms with van der Waals surface area (Å²) < 4.78 is 43.6. The van der Waals surface area contributed by atoms with Crippen LogP contribution in [-0.4, -0.2) is 23.2 Å². The molecule has 1 fully saturated rings. The van der Waals surface area contributed by atoms with Gasteiger partial charge in [-0.25, -0.2) is 0 Å². The lowest BCUT2D eigenvalue weighted by atomic mass is 10.1. The first kappa shape index (κ1) is 16.0. The molecule has 1 heterocycles. The van der Waals surface area contributed by atoms with E-state index in [1.807, 2.05) is 14.0 Å². The van der Waals surface area contributed by atoms with Crippen LogP contribution in [0.4, 0.5) is 13.2 Å². The van der Waals surface area contributed by atoms with Crippen LogP contribution in [0.15, 0.2) is 28.8 Å². The van der Waals surface area contributed by atoms with Gasteiger partial charge in [-0.3, -0.25) is 0 Å². The van der Waals surface area contributed by atoms with E-state index in [1.54, 1.807) is 6.07 Å². The fourth-order valence-corrected chi connectivity index (χ4v) is 2.66. The maximum absolute atomic E-state index is 12.8. The van der Waals surface area contributed by atoms with Crippen LogP contribution in [0.3, 0.4) is 0 Å². The zero-order valence-electron chi connectivity index (χ0n) is 12.9. The second kappa shape index (κ2) is 5.96. The Labute approximate surface area is 132 Å². The Kier molecular flexibility index (Phi) is 4.14. The van der Waals surface area contributed by atoms with Gasteiger partial charge in [-0.15, -0.1) is 0 Å². The molecule has 124 valence electrons. The molecule has 0 bridgehead atoms. The third kappa shape index (κ3) is 3.55. The van der Waals surface area contributed by atoms with Crippen molar-refractivity contribution in [3.05, 3.63) is 47.1 Å². The first-order valence-electron chi connectivity index (χ1n) is 7.55. The third-order valence-electron chi connectivity index (χ3n) is 4.22. The summed E-state index contributed by atoms with van der Waals surface area (Å²) in [5.41, 5.74) is 0.0582. The minimum Gasteiger partial charge on any atom is -0.339 e. The van der Waals surface area contributed by atoms with Gasteiger partial charge in [-0.05, 0) is 37.9 Å². The highest BCUT2D eigenvalue weighted by molar-refractivity contribution is 5.34. The number of alkyl halides is 3. The van der Waals surface area contributed by atoms with Gasteiger partial charge in [0.25, 0.3) is 0 Å². The van der Waals surface area contributed by atoms with Crippen LogP contribution < -0.4 is 5.32 Å². The number of hydrogen-bond donors (Lipinski definition) is 1. The Morgan fingerprint density at radius 3 is 2.83 bits per heavy atom. The van der Waals surface area contributed by atoms with Gasteiger partial charge in [0.15, 0.2) is 5.82 Å². The van der Waals surface area contributed by atoms with Crippen molar-refractivity contribution in [3.63, 3.8) is 0 Å². The summed E-state index contributed by atoms with van der Waals surface area (Å²) in [6, 6.07) is 5.70. The molecule has 3 atom stereocenters. The molecule has 1 N–H and O–H groups in total. The molecule has 1 aromatic heterocycles. The number of nitrogens with one attached hydrogen (secondary N) is 1. The largest absolute Gasteiger partial charge is 0.416 e. The van der Waals surface area contributed by atoms with Gasteiger partial charge in [0.05, 0.1) is 5.56 Å². The number of hydrogen-bond acceptors (Lipinski definition) is 4. The van der Waals surface area contributed by atoms with E-state index in [9.17, 15) is 13.2 Å². The van der Waals surface area contributed by atoms with Crippen molar-refractivity contribution >= 4 is 0 Å². The van der Waals surface area contributed by atoms with E-state index in [0.717, 1.165) is 12.5 Å². The highest BCUT2D eigenvalue weighted by Gasteiger charge is 2.44. The summed E-state index contributed by atoms with van der Waals surface area (Å²) in [4.78, 5) is 4.37. The molecule has 0 saturated heterocycles. The molecule has 0 spiro atoms. The standard InChI is InChI=1S/C16H18F3N3O/c1-9(20-2)6-14-21-15(23-22-14)13-8-12(13)10-4-3-5-11(7-10)16(17,18)19/h3-5,7,9,12-13,20H,6,8H2,1-2H3. The van der Waals surface area contributed by atoms with Crippen LogP contribution in [0.25, 0.3) is 0 Å². The normalized spacial score (nSPS) is 22.1. The highest BCUT2D eigenvalue weighted by atomic mass is 19.4. The lowest BCUT2D eigenvalue weighted by Gasteiger charge is -2.08. The van der Waals surface area contributed by atoms with E-state index in [4.69, 9.17) is 4.52 Å². The average molecular weight is 325 g/mol. The van der Waals surface area contributed by atoms with Crippen LogP contribution in [0.2, 0.25) is 0 Å². The van der Waals surface area contributed by atoms with E-state index >= 15 is 0 Å². The predicted octanol–water partition coefficient (Wildman–Crippen LogP) is 3.51. The molecule has 23 heavy (non-hydrogen) atoms. The first-order valence-corrected chi connectivity index (χ1v) is 7.55. The topological polar surface area (TPSA) is 51.0 Å². The molecule has 0 aliphatic heterocycles. The van der Waals surface area contributed by atoms with Gasteiger partial charge in [-0.1, -0.05) is 23.4 Å². The summed E-state index contributed by atoms with van der Waals surface area (Å²) in [5.74, 6) is 1.18. The molecule has 1 saturated carbocycles. The Morgan fingerprint density at radius 1 is 1.35 bits per heavy atom. The smallest absolute Gasteiger partial charge is 0.339 e. The first-order chi connectivity index (χ1) is 10.9. The van der Waals surface area contributed by atoms with Gasteiger partial charge < -0.3 is 9.84 Å². The summed E-state index contributed by atoms with van der Waals surface area (Å²) in [6.07, 6.45) is -2.92. The lowest BCUT2D eigenvalue weighted by Crippen LogP contribution is -2.24. The molecule has 0 radical (unpaired) electrons. The number of benzene rings is 1. The van der Waals surface area contributed by atoms with Crippen LogP contribution in [0, 0.1) is 0 Å². The van der Waals surface area contributed by atoms with Crippen LogP contribution in [-0.2, 0) is 12.6 Å². The zero-order chi connectivity index (χ0) is 16.6. The van der Waals surface area contributed by atoms with Crippen molar-refractivity contribution in [1.29, 1.82) is 0 Å². The second-order valence-electron chi connectivity index (χ2n) is 6.01. The molecule has 3 unspecified atom stereocenters. The quantitative estimate of drug-likeness (QED) is 0.914. The van der Waals surface area contributed by atoms with Crippen molar-refractivity contribution in [3.8, 4) is 0 Å². The van der Waals surface area contributed by atoms with E-state index in [-0.39, 0.29) is 17.9 Å². The minimum absolute atomic E-state index is 0.0182. The Hall–Kier alpha value is -1.89. The monoisotopic (exact) mass is 325 g/mol. The number of aromatic nitrogens is 2. The zero-order valence-corrected chi connectivity index (χ0v) is 12.9. The fraction of sp³-hybridized carbons (Fsp3) is 0.500. The van der Waals surface area contributed by atoms with Crippen molar-refractivity contribution in [2.75, 3.05) is 7.05 Å². The molecule has 2 aromatic rings. The summed E-state index contributed by atoms with van der Waals surface area (Å²) >= 11 is 0. The Balaban J connectivity index is 1.70. The molecule has 4 nitrogen and oxygen atoms in total. The number of rotatable bonds is 5. The second-order valence-corrected chi connectivity index (χ2v) is 6.01. The van der Waals surface area contributed by atoms with Gasteiger partial charge in [0.1, 0.15) is 0 Å². The summed E-state index contributed by atoms with van der Waals surface area (Å²) in [6.45, 7) is 2.01. The van der Waals surface area contributed by atoms with Crippen LogP contribution in [0.5, 0.6) is 0 Å². The van der Waals surface area contributed by atoms with E-state index in [1.165, 1.54) is 12.1 Å². The molecule has 3 rings (SSSR count).